The van der Waals surface area contributed by atoms with E-state index >= 15 is 0 Å². The second-order valence-electron chi connectivity index (χ2n) is 4.46. The van der Waals surface area contributed by atoms with Crippen LogP contribution in [0.4, 0.5) is 0 Å². The zero-order valence-corrected chi connectivity index (χ0v) is 10.6. The lowest BCUT2D eigenvalue weighted by molar-refractivity contribution is -0.137. The van der Waals surface area contributed by atoms with E-state index in [1.807, 2.05) is 13.8 Å². The van der Waals surface area contributed by atoms with Gasteiger partial charge in [0.25, 0.3) is 0 Å². The van der Waals surface area contributed by atoms with Crippen molar-refractivity contribution in [2.45, 2.75) is 46.1 Å². The number of nitrogens with zero attached hydrogens (tertiary/aromatic N) is 1. The highest BCUT2D eigenvalue weighted by Gasteiger charge is 2.24. The molecule has 90 valence electrons. The zero-order valence-electron chi connectivity index (χ0n) is 10.6. The summed E-state index contributed by atoms with van der Waals surface area (Å²) < 4.78 is 0. The predicted molar refractivity (Wildman–Crippen MR) is 64.8 cm³/mol. The summed E-state index contributed by atoms with van der Waals surface area (Å²) in [6.07, 6.45) is 6.55. The van der Waals surface area contributed by atoms with Crippen molar-refractivity contribution in [2.75, 3.05) is 7.05 Å². The Labute approximate surface area is 98.2 Å². The van der Waals surface area contributed by atoms with Gasteiger partial charge < -0.3 is 4.90 Å². The normalized spacial score (nSPS) is 12.0. The SMILES string of the molecule is C#CCCC(=O)N(C)[C@H](CC(C)C)C(C)=O. The number of carbonyl (C=O) groups excluding carboxylic acids is 2. The number of carbonyl (C=O) groups is 2. The summed E-state index contributed by atoms with van der Waals surface area (Å²) >= 11 is 0. The highest BCUT2D eigenvalue weighted by Crippen LogP contribution is 2.12. The first kappa shape index (κ1) is 14.7. The fraction of sp³-hybridized carbons (Fsp3) is 0.692. The van der Waals surface area contributed by atoms with Gasteiger partial charge in [0.15, 0.2) is 5.78 Å². The summed E-state index contributed by atoms with van der Waals surface area (Å²) in [6.45, 7) is 5.60. The van der Waals surface area contributed by atoms with Gasteiger partial charge in [-0.3, -0.25) is 9.59 Å². The van der Waals surface area contributed by atoms with Crippen LogP contribution in [-0.2, 0) is 9.59 Å². The van der Waals surface area contributed by atoms with Gasteiger partial charge in [-0.25, -0.2) is 0 Å². The quantitative estimate of drug-likeness (QED) is 0.645. The molecular formula is C13H21NO2. The summed E-state index contributed by atoms with van der Waals surface area (Å²) in [4.78, 5) is 24.7. The van der Waals surface area contributed by atoms with Gasteiger partial charge in [0.05, 0.1) is 6.04 Å². The Morgan fingerprint density at radius 1 is 1.38 bits per heavy atom. The zero-order chi connectivity index (χ0) is 12.7. The minimum Gasteiger partial charge on any atom is -0.336 e. The van der Waals surface area contributed by atoms with Gasteiger partial charge in [-0.2, -0.15) is 0 Å². The van der Waals surface area contributed by atoms with Gasteiger partial charge >= 0.3 is 0 Å². The van der Waals surface area contributed by atoms with Crippen LogP contribution in [0.15, 0.2) is 0 Å². The van der Waals surface area contributed by atoms with E-state index in [4.69, 9.17) is 6.42 Å². The first-order valence-electron chi connectivity index (χ1n) is 5.59. The molecule has 0 aromatic rings. The molecule has 0 unspecified atom stereocenters. The minimum atomic E-state index is -0.315. The third-order valence-electron chi connectivity index (χ3n) is 2.51. The van der Waals surface area contributed by atoms with Crippen molar-refractivity contribution in [3.8, 4) is 12.3 Å². The standard InChI is InChI=1S/C13H21NO2/c1-6-7-8-13(16)14(5)12(11(4)15)9-10(2)3/h1,10,12H,7-9H2,2-5H3/t12-/m1/s1. The molecular weight excluding hydrogens is 202 g/mol. The lowest BCUT2D eigenvalue weighted by atomic mass is 9.99. The van der Waals surface area contributed by atoms with Crippen LogP contribution in [0.2, 0.25) is 0 Å². The molecule has 0 aromatic heterocycles. The van der Waals surface area contributed by atoms with Crippen molar-refractivity contribution >= 4 is 11.7 Å². The molecule has 3 nitrogen and oxygen atoms in total. The van der Waals surface area contributed by atoms with Crippen molar-refractivity contribution in [1.29, 1.82) is 0 Å². The van der Waals surface area contributed by atoms with E-state index in [-0.39, 0.29) is 17.7 Å². The summed E-state index contributed by atoms with van der Waals surface area (Å²) in [5, 5.41) is 0. The van der Waals surface area contributed by atoms with Crippen molar-refractivity contribution in [3.63, 3.8) is 0 Å². The second-order valence-corrected chi connectivity index (χ2v) is 4.46. The largest absolute Gasteiger partial charge is 0.336 e. The predicted octanol–water partition coefficient (Wildman–Crippen LogP) is 1.86. The van der Waals surface area contributed by atoms with E-state index in [9.17, 15) is 9.59 Å². The molecule has 1 amide bonds. The van der Waals surface area contributed by atoms with E-state index in [1.54, 1.807) is 7.05 Å². The van der Waals surface area contributed by atoms with Crippen LogP contribution in [0, 0.1) is 18.3 Å². The maximum atomic E-state index is 11.7. The highest BCUT2D eigenvalue weighted by atomic mass is 16.2. The van der Waals surface area contributed by atoms with Crippen LogP contribution in [0.3, 0.4) is 0 Å². The first-order chi connectivity index (χ1) is 7.40. The summed E-state index contributed by atoms with van der Waals surface area (Å²) in [5.41, 5.74) is 0. The maximum Gasteiger partial charge on any atom is 0.223 e. The van der Waals surface area contributed by atoms with E-state index in [0.29, 0.717) is 25.2 Å². The number of likely N-dealkylation sites (N-methyl/N-ethyl adjacent to an activating group) is 1. The van der Waals surface area contributed by atoms with Gasteiger partial charge in [-0.1, -0.05) is 13.8 Å². The molecule has 0 radical (unpaired) electrons. The smallest absolute Gasteiger partial charge is 0.223 e. The fourth-order valence-electron chi connectivity index (χ4n) is 1.57. The molecule has 0 fully saturated rings. The van der Waals surface area contributed by atoms with E-state index in [0.717, 1.165) is 0 Å². The average Bonchev–Trinajstić information content (AvgIpc) is 2.20. The van der Waals surface area contributed by atoms with Crippen LogP contribution in [0.1, 0.15) is 40.0 Å². The number of hydrogen-bond acceptors (Lipinski definition) is 2. The maximum absolute atomic E-state index is 11.7. The second kappa shape index (κ2) is 7.05. The van der Waals surface area contributed by atoms with E-state index < -0.39 is 0 Å². The lowest BCUT2D eigenvalue weighted by Crippen LogP contribution is -2.42. The molecule has 0 aliphatic rings. The Balaban J connectivity index is 4.49. The molecule has 0 rings (SSSR count). The molecule has 0 spiro atoms. The van der Waals surface area contributed by atoms with Gasteiger partial charge in [-0.05, 0) is 19.3 Å². The number of terminal acetylenes is 1. The first-order valence-corrected chi connectivity index (χ1v) is 5.59. The van der Waals surface area contributed by atoms with E-state index in [1.165, 1.54) is 11.8 Å². The number of hydrogen-bond donors (Lipinski definition) is 0. The highest BCUT2D eigenvalue weighted by molar-refractivity contribution is 5.87. The summed E-state index contributed by atoms with van der Waals surface area (Å²) in [7, 11) is 1.67. The molecule has 0 aromatic carbocycles. The molecule has 3 heteroatoms. The van der Waals surface area contributed by atoms with Gasteiger partial charge in [0.2, 0.25) is 5.91 Å². The fourth-order valence-corrected chi connectivity index (χ4v) is 1.57. The third-order valence-corrected chi connectivity index (χ3v) is 2.51. The number of rotatable bonds is 6. The molecule has 0 saturated heterocycles. The third kappa shape index (κ3) is 4.97. The Bertz CT molecular complexity index is 289. The van der Waals surface area contributed by atoms with Crippen LogP contribution in [0.5, 0.6) is 0 Å². The summed E-state index contributed by atoms with van der Waals surface area (Å²) in [6, 6.07) is -0.315. The van der Waals surface area contributed by atoms with Crippen molar-refractivity contribution in [3.05, 3.63) is 0 Å². The average molecular weight is 223 g/mol. The van der Waals surface area contributed by atoms with Crippen LogP contribution in [-0.4, -0.2) is 29.7 Å². The molecule has 1 atom stereocenters. The van der Waals surface area contributed by atoms with Gasteiger partial charge in [0.1, 0.15) is 0 Å². The molecule has 0 heterocycles. The van der Waals surface area contributed by atoms with Crippen molar-refractivity contribution in [1.82, 2.24) is 4.90 Å². The molecule has 0 aliphatic carbocycles. The minimum absolute atomic E-state index is 0.0326. The van der Waals surface area contributed by atoms with Crippen LogP contribution >= 0.6 is 0 Å². The van der Waals surface area contributed by atoms with Crippen molar-refractivity contribution in [2.24, 2.45) is 5.92 Å². The van der Waals surface area contributed by atoms with Crippen LogP contribution < -0.4 is 0 Å². The van der Waals surface area contributed by atoms with Gasteiger partial charge in [0, 0.05) is 19.9 Å². The monoisotopic (exact) mass is 223 g/mol. The topological polar surface area (TPSA) is 37.4 Å². The van der Waals surface area contributed by atoms with Crippen LogP contribution in [0.25, 0.3) is 0 Å². The summed E-state index contributed by atoms with van der Waals surface area (Å²) in [5.74, 6) is 2.79. The Hall–Kier alpha value is -1.30. The molecule has 0 saturated carbocycles. The Kier molecular flexibility index (Phi) is 6.48. The Morgan fingerprint density at radius 3 is 2.31 bits per heavy atom. The molecule has 0 bridgehead atoms. The van der Waals surface area contributed by atoms with Crippen molar-refractivity contribution < 1.29 is 9.59 Å². The lowest BCUT2D eigenvalue weighted by Gasteiger charge is -2.27. The number of Topliss-reactive ketones (excluding diaryl/α,β-unsaturated/α-hetero) is 1. The van der Waals surface area contributed by atoms with E-state index in [2.05, 4.69) is 5.92 Å². The molecule has 0 aliphatic heterocycles. The Morgan fingerprint density at radius 2 is 1.94 bits per heavy atom. The van der Waals surface area contributed by atoms with Gasteiger partial charge in [-0.15, -0.1) is 12.3 Å². The number of amides is 1. The number of ketones is 1. The molecule has 16 heavy (non-hydrogen) atoms. The molecule has 0 N–H and O–H groups in total.